The molecule has 0 aromatic heterocycles. The summed E-state index contributed by atoms with van der Waals surface area (Å²) in [6.45, 7) is 0. The van der Waals surface area contributed by atoms with Crippen molar-refractivity contribution in [2.75, 3.05) is 0 Å². The van der Waals surface area contributed by atoms with Crippen LogP contribution in [0.2, 0.25) is 0 Å². The van der Waals surface area contributed by atoms with Gasteiger partial charge in [0.15, 0.2) is 81.9 Å². The molecule has 0 bridgehead atoms. The van der Waals surface area contributed by atoms with Crippen molar-refractivity contribution in [2.45, 2.75) is 91.1 Å². The topological polar surface area (TPSA) is 552 Å². The minimum Gasteiger partial charge on any atom is -0.508 e. The molecular formula is C75H62O30. The van der Waals surface area contributed by atoms with Crippen LogP contribution in [0.5, 0.6) is 144 Å². The lowest BCUT2D eigenvalue weighted by Gasteiger charge is -2.45. The lowest BCUT2D eigenvalue weighted by atomic mass is 9.71. The summed E-state index contributed by atoms with van der Waals surface area (Å²) in [4.78, 5) is 0. The van der Waals surface area contributed by atoms with Gasteiger partial charge in [0.1, 0.15) is 117 Å². The molecule has 0 fully saturated rings. The Kier molecular flexibility index (Phi) is 15.9. The molecule has 0 radical (unpaired) electrons. The first kappa shape index (κ1) is 67.8. The molecule has 30 heteroatoms. The van der Waals surface area contributed by atoms with Crippen molar-refractivity contribution in [3.05, 3.63) is 205 Å². The fraction of sp³-hybridized carbons (Fsp3) is 0.200. The molecule has 0 saturated heterocycles. The van der Waals surface area contributed by atoms with E-state index in [4.69, 9.17) is 23.7 Å². The van der Waals surface area contributed by atoms with Crippen LogP contribution >= 0.6 is 0 Å². The highest BCUT2D eigenvalue weighted by Gasteiger charge is 2.55. The van der Waals surface area contributed by atoms with Crippen LogP contribution in [0.4, 0.5) is 0 Å². The molecule has 105 heavy (non-hydrogen) atoms. The first-order valence-electron chi connectivity index (χ1n) is 32.1. The zero-order valence-corrected chi connectivity index (χ0v) is 53.6. The van der Waals surface area contributed by atoms with E-state index in [2.05, 4.69) is 0 Å². The van der Waals surface area contributed by atoms with Gasteiger partial charge in [0, 0.05) is 92.9 Å². The van der Waals surface area contributed by atoms with Crippen molar-refractivity contribution in [1.29, 1.82) is 0 Å². The standard InChI is InChI=1S/C75H62O30/c76-28-16-41(88)51-50(17-28)101-68(24-2-7-31(78)37(84)12-24)63(97)59(51)53-43(90)20-45(92)55-61(65(99)70(103-73(53)55)26-4-9-33(80)39(86)14-26)57-47(94)22-48(95)58-62(66(100)71(105-75(57)58)27-5-10-34(81)40(87)15-27)56-46(93)21-44(91)54-60(64(98)69(104-74(54)56)25-3-8-32(79)38(85)13-25)52-42(89)19-35(82)29-18-49(96)67(102-72(29)52)23-1-6-30(77)36(83)11-23/h1-17,19-22,49,59-71,76-100H,18H2/t49-,59+,60-,61+,62-,63+,64+,65+,66+,67+,68-,69-,70-,71-/m1/s1. The third-order valence-electron chi connectivity index (χ3n) is 20.2. The van der Waals surface area contributed by atoms with Gasteiger partial charge in [0.05, 0.1) is 29.8 Å². The Morgan fingerprint density at radius 2 is 0.467 bits per heavy atom. The number of benzene rings is 10. The molecule has 5 aliphatic heterocycles. The maximum Gasteiger partial charge on any atom is 0.157 e. The predicted octanol–water partition coefficient (Wildman–Crippen LogP) is 7.34. The fourth-order valence-corrected chi connectivity index (χ4v) is 15.4. The average Bonchev–Trinajstić information content (AvgIpc) is 0.718. The van der Waals surface area contributed by atoms with E-state index in [0.29, 0.717) is 18.2 Å². The van der Waals surface area contributed by atoms with Crippen molar-refractivity contribution >= 4 is 0 Å². The van der Waals surface area contributed by atoms with Crippen LogP contribution in [-0.2, 0) is 6.42 Å². The summed E-state index contributed by atoms with van der Waals surface area (Å²) in [5.41, 5.74) is -5.67. The highest BCUT2D eigenvalue weighted by molar-refractivity contribution is 5.75. The molecule has 10 aromatic carbocycles. The maximum atomic E-state index is 13.4. The fourth-order valence-electron chi connectivity index (χ4n) is 15.4. The largest absolute Gasteiger partial charge is 0.508 e. The van der Waals surface area contributed by atoms with Gasteiger partial charge >= 0.3 is 0 Å². The third-order valence-corrected chi connectivity index (χ3v) is 20.2. The number of aromatic hydroxyl groups is 20. The minimum atomic E-state index is -2.31. The number of fused-ring (bicyclic) bond motifs is 5. The average molecular weight is 1440 g/mol. The molecule has 0 aliphatic carbocycles. The Morgan fingerprint density at radius 3 is 0.771 bits per heavy atom. The Labute approximate surface area is 589 Å². The van der Waals surface area contributed by atoms with Gasteiger partial charge < -0.3 is 151 Å². The van der Waals surface area contributed by atoms with Crippen molar-refractivity contribution in [3.8, 4) is 144 Å². The molecular weight excluding hydrogens is 1380 g/mol. The van der Waals surface area contributed by atoms with E-state index in [1.54, 1.807) is 0 Å². The van der Waals surface area contributed by atoms with Gasteiger partial charge in [-0.15, -0.1) is 0 Å². The molecule has 0 amide bonds. The zero-order valence-electron chi connectivity index (χ0n) is 53.6. The van der Waals surface area contributed by atoms with E-state index in [-0.39, 0.29) is 44.7 Å². The summed E-state index contributed by atoms with van der Waals surface area (Å²) < 4.78 is 32.8. The SMILES string of the molecule is Oc1cc(O)c2c(c1)O[C@H](c1ccc(O)c(O)c1)[C@@H](O)[C@@H]2c1c(O)cc(O)c2c1O[C@H](c1ccc(O)c(O)c1)[C@@H](O)[C@@H]2c1c(O)cc(O)c2c1O[C@H](c1ccc(O)c(O)c1)[C@@H](O)[C@@H]2c1c(O)cc(O)c2c1O[C@H](c1ccc(O)c(O)c1)[C@@H](O)[C@@H]2c1c(O)cc(O)c2c1O[C@@H](c1ccc(O)c(O)c1)[C@H](O)C2. The van der Waals surface area contributed by atoms with Gasteiger partial charge in [0.2, 0.25) is 0 Å². The van der Waals surface area contributed by atoms with E-state index in [0.717, 1.165) is 91.0 Å². The predicted molar refractivity (Wildman–Crippen MR) is 356 cm³/mol. The Morgan fingerprint density at radius 1 is 0.219 bits per heavy atom. The van der Waals surface area contributed by atoms with Crippen LogP contribution in [0.1, 0.15) is 132 Å². The second kappa shape index (κ2) is 24.6. The van der Waals surface area contributed by atoms with E-state index < -0.39 is 268 Å². The maximum absolute atomic E-state index is 13.4. The molecule has 30 nitrogen and oxygen atoms in total. The number of aliphatic hydroxyl groups is 5. The third kappa shape index (κ3) is 10.7. The van der Waals surface area contributed by atoms with Gasteiger partial charge in [-0.2, -0.15) is 0 Å². The molecule has 0 unspecified atom stereocenters. The van der Waals surface area contributed by atoms with Crippen molar-refractivity contribution in [2.24, 2.45) is 0 Å². The van der Waals surface area contributed by atoms with Gasteiger partial charge in [-0.1, -0.05) is 30.3 Å². The summed E-state index contributed by atoms with van der Waals surface area (Å²) in [6.07, 6.45) is -19.9. The van der Waals surface area contributed by atoms with E-state index in [1.807, 2.05) is 0 Å². The first-order chi connectivity index (χ1) is 49.9. The van der Waals surface area contributed by atoms with E-state index in [9.17, 15) is 128 Å². The van der Waals surface area contributed by atoms with Crippen LogP contribution in [0, 0.1) is 0 Å². The number of phenolic OH excluding ortho intramolecular Hbond substituents is 20. The molecule has 14 atom stereocenters. The lowest BCUT2D eigenvalue weighted by Crippen LogP contribution is -2.40. The highest BCUT2D eigenvalue weighted by Crippen LogP contribution is 2.67. The first-order valence-corrected chi connectivity index (χ1v) is 32.1. The van der Waals surface area contributed by atoms with Crippen molar-refractivity contribution in [3.63, 3.8) is 0 Å². The van der Waals surface area contributed by atoms with Crippen molar-refractivity contribution in [1.82, 2.24) is 0 Å². The smallest absolute Gasteiger partial charge is 0.157 e. The quantitative estimate of drug-likeness (QED) is 0.0628. The number of phenols is 20. The van der Waals surface area contributed by atoms with Crippen LogP contribution in [0.15, 0.2) is 127 Å². The molecule has 15 rings (SSSR count). The molecule has 0 saturated carbocycles. The van der Waals surface area contributed by atoms with Crippen LogP contribution in [0.25, 0.3) is 0 Å². The number of rotatable bonds is 9. The zero-order chi connectivity index (χ0) is 74.7. The second-order valence-corrected chi connectivity index (χ2v) is 26.3. The monoisotopic (exact) mass is 1440 g/mol. The second-order valence-electron chi connectivity index (χ2n) is 26.3. The summed E-state index contributed by atoms with van der Waals surface area (Å²) in [7, 11) is 0. The summed E-state index contributed by atoms with van der Waals surface area (Å²) in [5, 5.41) is 294. The van der Waals surface area contributed by atoms with Gasteiger partial charge in [0.25, 0.3) is 0 Å². The Hall–Kier alpha value is -13.0. The molecule has 542 valence electrons. The normalized spacial score (nSPS) is 24.2. The van der Waals surface area contributed by atoms with Crippen LogP contribution in [-0.4, -0.2) is 158 Å². The molecule has 0 spiro atoms. The lowest BCUT2D eigenvalue weighted by molar-refractivity contribution is -0.0101. The number of hydrogen-bond acceptors (Lipinski definition) is 30. The van der Waals surface area contributed by atoms with Crippen molar-refractivity contribution < 1.29 is 151 Å². The molecule has 5 aliphatic rings. The van der Waals surface area contributed by atoms with Gasteiger partial charge in [-0.25, -0.2) is 0 Å². The Bertz CT molecular complexity index is 5270. The van der Waals surface area contributed by atoms with E-state index in [1.165, 1.54) is 18.2 Å². The number of aliphatic hydroxyl groups excluding tert-OH is 5. The van der Waals surface area contributed by atoms with Crippen LogP contribution in [0.3, 0.4) is 0 Å². The highest BCUT2D eigenvalue weighted by atomic mass is 16.5. The van der Waals surface area contributed by atoms with Gasteiger partial charge in [-0.05, 0) is 88.5 Å². The van der Waals surface area contributed by atoms with Gasteiger partial charge in [-0.3, -0.25) is 0 Å². The summed E-state index contributed by atoms with van der Waals surface area (Å²) >= 11 is 0. The number of ether oxygens (including phenoxy) is 5. The number of hydrogen-bond donors (Lipinski definition) is 25. The molecule has 5 heterocycles. The Balaban J connectivity index is 1.00. The summed E-state index contributed by atoms with van der Waals surface area (Å²) in [5.74, 6) is -27.3. The minimum absolute atomic E-state index is 0.0287. The van der Waals surface area contributed by atoms with E-state index >= 15 is 0 Å². The van der Waals surface area contributed by atoms with Crippen LogP contribution < -0.4 is 23.7 Å². The molecule has 10 aromatic rings. The molecule has 25 N–H and O–H groups in total. The summed E-state index contributed by atoms with van der Waals surface area (Å²) in [6, 6.07) is 20.7.